The topological polar surface area (TPSA) is 104 Å². The van der Waals surface area contributed by atoms with E-state index in [0.717, 1.165) is 44.9 Å². The number of aliphatic hydroxyl groups excluding tert-OH is 1. The van der Waals surface area contributed by atoms with E-state index in [0.29, 0.717) is 6.42 Å². The Labute approximate surface area is 259 Å². The van der Waals surface area contributed by atoms with Crippen LogP contribution in [0.3, 0.4) is 0 Å². The predicted octanol–water partition coefficient (Wildman–Crippen LogP) is 9.40. The fraction of sp³-hybridized carbons (Fsp3) is 0.800. The van der Waals surface area contributed by atoms with Crippen molar-refractivity contribution in [3.63, 3.8) is 0 Å². The molecule has 6 nitrogen and oxygen atoms in total. The van der Waals surface area contributed by atoms with Gasteiger partial charge in [-0.15, -0.1) is 0 Å². The third-order valence-electron chi connectivity index (χ3n) is 7.55. The summed E-state index contributed by atoms with van der Waals surface area (Å²) in [6, 6.07) is -1.07. The van der Waals surface area contributed by atoms with Crippen molar-refractivity contribution in [1.29, 1.82) is 0 Å². The largest absolute Gasteiger partial charge is 0.387 e. The molecule has 0 rings (SSSR count). The summed E-state index contributed by atoms with van der Waals surface area (Å²) in [4.78, 5) is 12.3. The maximum atomic E-state index is 12.3. The van der Waals surface area contributed by atoms with Crippen molar-refractivity contribution in [2.24, 2.45) is 0 Å². The summed E-state index contributed by atoms with van der Waals surface area (Å²) in [5.41, 5.74) is 0. The van der Waals surface area contributed by atoms with E-state index in [-0.39, 0.29) is 12.3 Å². The van der Waals surface area contributed by atoms with Crippen molar-refractivity contribution in [1.82, 2.24) is 5.32 Å². The van der Waals surface area contributed by atoms with Gasteiger partial charge >= 0.3 is 0 Å². The van der Waals surface area contributed by atoms with E-state index >= 15 is 0 Å². The molecule has 0 aromatic rings. The number of allylic oxidation sites excluding steroid dienone is 5. The second kappa shape index (κ2) is 29.6. The fourth-order valence-electron chi connectivity index (χ4n) is 4.95. The fourth-order valence-corrected chi connectivity index (χ4v) is 5.68. The molecule has 42 heavy (non-hydrogen) atoms. The highest BCUT2D eigenvalue weighted by Gasteiger charge is 2.24. The standard InChI is InChI=1S/C35H65NO5S/c1-3-5-7-9-11-12-13-14-15-16-17-18-19-20-21-22-23-25-26-28-30-34(37)33(32-42(39,40)41)36-35(38)31-29-27-24-10-8-6-4-2/h18-19,22-23,28,30,33-34,37H,3-17,20-21,24-27,29,31-32H2,1-2H3,(H,36,38)(H,39,40,41)/b19-18+,23-22+,30-28+. The minimum atomic E-state index is -4.34. The molecular weight excluding hydrogens is 546 g/mol. The number of nitrogens with one attached hydrogen (secondary N) is 1. The van der Waals surface area contributed by atoms with E-state index < -0.39 is 28.0 Å². The molecule has 0 heterocycles. The van der Waals surface area contributed by atoms with Gasteiger partial charge in [-0.25, -0.2) is 0 Å². The minimum absolute atomic E-state index is 0.283. The molecule has 0 aliphatic carbocycles. The Balaban J connectivity index is 4.02. The predicted molar refractivity (Wildman–Crippen MR) is 179 cm³/mol. The molecule has 0 saturated carbocycles. The van der Waals surface area contributed by atoms with Gasteiger partial charge in [0.2, 0.25) is 5.91 Å². The zero-order chi connectivity index (χ0) is 31.2. The first-order valence-corrected chi connectivity index (χ1v) is 18.8. The van der Waals surface area contributed by atoms with Gasteiger partial charge in [0.05, 0.1) is 17.9 Å². The van der Waals surface area contributed by atoms with Crippen molar-refractivity contribution < 1.29 is 22.9 Å². The Bertz CT molecular complexity index is 806. The summed E-state index contributed by atoms with van der Waals surface area (Å²) in [6.45, 7) is 4.44. The molecule has 0 radical (unpaired) electrons. The van der Waals surface area contributed by atoms with Crippen molar-refractivity contribution in [3.05, 3.63) is 36.5 Å². The van der Waals surface area contributed by atoms with E-state index in [4.69, 9.17) is 0 Å². The number of hydrogen-bond acceptors (Lipinski definition) is 4. The summed E-state index contributed by atoms with van der Waals surface area (Å²) in [5, 5.41) is 13.1. The first kappa shape index (κ1) is 40.6. The van der Waals surface area contributed by atoms with E-state index in [1.54, 1.807) is 6.08 Å². The van der Waals surface area contributed by atoms with Crippen LogP contribution in [-0.2, 0) is 14.9 Å². The molecule has 3 N–H and O–H groups in total. The number of aliphatic hydroxyl groups is 1. The molecule has 0 bridgehead atoms. The number of amides is 1. The van der Waals surface area contributed by atoms with Gasteiger partial charge in [0.15, 0.2) is 0 Å². The highest BCUT2D eigenvalue weighted by atomic mass is 32.2. The van der Waals surface area contributed by atoms with Gasteiger partial charge < -0.3 is 10.4 Å². The number of unbranched alkanes of at least 4 members (excludes halogenated alkanes) is 18. The van der Waals surface area contributed by atoms with Crippen molar-refractivity contribution in [2.45, 2.75) is 174 Å². The summed E-state index contributed by atoms with van der Waals surface area (Å²) in [6.07, 6.45) is 37.2. The van der Waals surface area contributed by atoms with Crippen molar-refractivity contribution in [2.75, 3.05) is 5.75 Å². The van der Waals surface area contributed by atoms with E-state index in [1.165, 1.54) is 96.0 Å². The SMILES string of the molecule is CCCCCCCCCCCC/C=C/CC/C=C/CC/C=C/C(O)C(CS(=O)(=O)O)NC(=O)CCCCCCCCC. The lowest BCUT2D eigenvalue weighted by molar-refractivity contribution is -0.122. The van der Waals surface area contributed by atoms with Gasteiger partial charge in [0.25, 0.3) is 10.1 Å². The Morgan fingerprint density at radius 1 is 0.619 bits per heavy atom. The van der Waals surface area contributed by atoms with Gasteiger partial charge in [-0.05, 0) is 44.9 Å². The molecular formula is C35H65NO5S. The molecule has 0 aliphatic rings. The summed E-state index contributed by atoms with van der Waals surface area (Å²) in [7, 11) is -4.34. The van der Waals surface area contributed by atoms with Crippen LogP contribution in [0.4, 0.5) is 0 Å². The van der Waals surface area contributed by atoms with E-state index in [9.17, 15) is 22.9 Å². The number of rotatable bonds is 30. The Morgan fingerprint density at radius 2 is 1.02 bits per heavy atom. The average molecular weight is 612 g/mol. The lowest BCUT2D eigenvalue weighted by Crippen LogP contribution is -2.46. The van der Waals surface area contributed by atoms with Crippen LogP contribution in [0.2, 0.25) is 0 Å². The maximum Gasteiger partial charge on any atom is 0.267 e. The zero-order valence-corrected chi connectivity index (χ0v) is 27.9. The Hall–Kier alpha value is -1.44. The summed E-state index contributed by atoms with van der Waals surface area (Å²) in [5.74, 6) is -1.02. The highest BCUT2D eigenvalue weighted by molar-refractivity contribution is 7.85. The number of carbonyl (C=O) groups is 1. The third-order valence-corrected chi connectivity index (χ3v) is 8.33. The monoisotopic (exact) mass is 611 g/mol. The number of hydrogen-bond donors (Lipinski definition) is 3. The van der Waals surface area contributed by atoms with Gasteiger partial charge in [-0.3, -0.25) is 9.35 Å². The minimum Gasteiger partial charge on any atom is -0.387 e. The molecule has 0 fully saturated rings. The van der Waals surface area contributed by atoms with Gasteiger partial charge in [0.1, 0.15) is 0 Å². The molecule has 0 aromatic heterocycles. The van der Waals surface area contributed by atoms with Crippen LogP contribution in [0.1, 0.15) is 162 Å². The smallest absolute Gasteiger partial charge is 0.267 e. The molecule has 246 valence electrons. The lowest BCUT2D eigenvalue weighted by Gasteiger charge is -2.21. The summed E-state index contributed by atoms with van der Waals surface area (Å²) >= 11 is 0. The average Bonchev–Trinajstić information content (AvgIpc) is 2.94. The molecule has 0 spiro atoms. The molecule has 7 heteroatoms. The zero-order valence-electron chi connectivity index (χ0n) is 27.1. The van der Waals surface area contributed by atoms with Crippen molar-refractivity contribution >= 4 is 16.0 Å². The maximum absolute atomic E-state index is 12.3. The van der Waals surface area contributed by atoms with Crippen LogP contribution in [-0.4, -0.2) is 41.9 Å². The Morgan fingerprint density at radius 3 is 1.50 bits per heavy atom. The van der Waals surface area contributed by atoms with Crippen LogP contribution in [0.25, 0.3) is 0 Å². The third kappa shape index (κ3) is 30.0. The van der Waals surface area contributed by atoms with Gasteiger partial charge in [-0.2, -0.15) is 8.42 Å². The number of carbonyl (C=O) groups excluding carboxylic acids is 1. The lowest BCUT2D eigenvalue weighted by atomic mass is 10.1. The molecule has 2 atom stereocenters. The van der Waals surface area contributed by atoms with Crippen LogP contribution >= 0.6 is 0 Å². The van der Waals surface area contributed by atoms with Gasteiger partial charge in [0, 0.05) is 6.42 Å². The summed E-state index contributed by atoms with van der Waals surface area (Å²) < 4.78 is 32.1. The quantitative estimate of drug-likeness (QED) is 0.0426. The Kier molecular flexibility index (Phi) is 28.6. The molecule has 0 aromatic carbocycles. The highest BCUT2D eigenvalue weighted by Crippen LogP contribution is 2.12. The second-order valence-corrected chi connectivity index (χ2v) is 13.3. The second-order valence-electron chi connectivity index (χ2n) is 11.8. The molecule has 0 aliphatic heterocycles. The van der Waals surface area contributed by atoms with Crippen molar-refractivity contribution in [3.8, 4) is 0 Å². The molecule has 2 unspecified atom stereocenters. The van der Waals surface area contributed by atoms with Crippen LogP contribution in [0, 0.1) is 0 Å². The first-order chi connectivity index (χ1) is 20.3. The van der Waals surface area contributed by atoms with Gasteiger partial charge in [-0.1, -0.05) is 147 Å². The first-order valence-electron chi connectivity index (χ1n) is 17.2. The van der Waals surface area contributed by atoms with Crippen LogP contribution < -0.4 is 5.32 Å². The molecule has 0 saturated heterocycles. The van der Waals surface area contributed by atoms with Crippen LogP contribution in [0.15, 0.2) is 36.5 Å². The molecule has 1 amide bonds. The van der Waals surface area contributed by atoms with Crippen LogP contribution in [0.5, 0.6) is 0 Å². The normalized spacial score (nSPS) is 13.9. The van der Waals surface area contributed by atoms with E-state index in [2.05, 4.69) is 43.5 Å². The van der Waals surface area contributed by atoms with E-state index in [1.807, 2.05) is 0 Å².